The Labute approximate surface area is 138 Å². The van der Waals surface area contributed by atoms with Crippen molar-refractivity contribution in [1.29, 1.82) is 0 Å². The molecule has 1 saturated carbocycles. The molecule has 1 aliphatic carbocycles. The number of halogens is 3. The fourth-order valence-electron chi connectivity index (χ4n) is 3.54. The summed E-state index contributed by atoms with van der Waals surface area (Å²) in [7, 11) is 0. The van der Waals surface area contributed by atoms with E-state index >= 15 is 0 Å². The molecule has 1 aromatic carbocycles. The molecule has 0 bridgehead atoms. The Morgan fingerprint density at radius 1 is 1.24 bits per heavy atom. The summed E-state index contributed by atoms with van der Waals surface area (Å²) in [5.41, 5.74) is 1.08. The second-order valence-electron chi connectivity index (χ2n) is 7.69. The summed E-state index contributed by atoms with van der Waals surface area (Å²) in [6.07, 6.45) is 5.20. The zero-order valence-electron chi connectivity index (χ0n) is 13.2. The molecule has 118 valence electrons. The maximum absolute atomic E-state index is 14.0. The molecule has 0 nitrogen and oxygen atoms in total. The van der Waals surface area contributed by atoms with Crippen molar-refractivity contribution in [1.82, 2.24) is 0 Å². The van der Waals surface area contributed by atoms with E-state index in [-0.39, 0.29) is 11.2 Å². The topological polar surface area (TPSA) is 0 Å². The van der Waals surface area contributed by atoms with Crippen molar-refractivity contribution < 1.29 is 4.39 Å². The van der Waals surface area contributed by atoms with Crippen molar-refractivity contribution in [2.75, 3.05) is 5.88 Å². The summed E-state index contributed by atoms with van der Waals surface area (Å²) in [5, 5.41) is 0.597. The largest absolute Gasteiger partial charge is 0.207 e. The summed E-state index contributed by atoms with van der Waals surface area (Å²) in [6.45, 7) is 6.92. The average Bonchev–Trinajstić information content (AvgIpc) is 2.42. The summed E-state index contributed by atoms with van der Waals surface area (Å²) < 4.78 is 14.0. The van der Waals surface area contributed by atoms with Gasteiger partial charge in [0.15, 0.2) is 0 Å². The molecular formula is C18H25Cl2F. The Kier molecular flexibility index (Phi) is 5.26. The zero-order valence-corrected chi connectivity index (χ0v) is 14.7. The molecule has 0 N–H and O–H groups in total. The molecule has 1 aliphatic rings. The summed E-state index contributed by atoms with van der Waals surface area (Å²) in [5.74, 6) is 1.16. The van der Waals surface area contributed by atoms with E-state index in [0.717, 1.165) is 18.8 Å². The Balaban J connectivity index is 2.12. The third kappa shape index (κ3) is 4.13. The van der Waals surface area contributed by atoms with Crippen LogP contribution in [-0.4, -0.2) is 5.88 Å². The molecule has 1 fully saturated rings. The molecule has 0 saturated heterocycles. The minimum absolute atomic E-state index is 0.0226. The molecule has 0 unspecified atom stereocenters. The van der Waals surface area contributed by atoms with Crippen LogP contribution in [0.1, 0.15) is 52.0 Å². The van der Waals surface area contributed by atoms with Crippen LogP contribution >= 0.6 is 23.2 Å². The second kappa shape index (κ2) is 6.46. The fraction of sp³-hybridized carbons (Fsp3) is 0.667. The first-order chi connectivity index (χ1) is 9.76. The smallest absolute Gasteiger partial charge is 0.126 e. The molecular weight excluding hydrogens is 306 g/mol. The van der Waals surface area contributed by atoms with E-state index in [1.807, 2.05) is 0 Å². The highest BCUT2D eigenvalue weighted by Crippen LogP contribution is 2.47. The van der Waals surface area contributed by atoms with Crippen LogP contribution in [0, 0.1) is 22.6 Å². The number of benzene rings is 1. The van der Waals surface area contributed by atoms with Gasteiger partial charge in [-0.25, -0.2) is 4.39 Å². The highest BCUT2D eigenvalue weighted by atomic mass is 35.5. The van der Waals surface area contributed by atoms with E-state index in [0.29, 0.717) is 28.3 Å². The van der Waals surface area contributed by atoms with Crippen LogP contribution in [0.25, 0.3) is 0 Å². The Morgan fingerprint density at radius 3 is 2.38 bits per heavy atom. The van der Waals surface area contributed by atoms with Gasteiger partial charge in [0.2, 0.25) is 0 Å². The SMILES string of the molecule is CC(C)(C)C1CCC(CCl)(Cc2cc(Cl)ccc2F)CC1. The van der Waals surface area contributed by atoms with E-state index in [9.17, 15) is 4.39 Å². The van der Waals surface area contributed by atoms with E-state index in [4.69, 9.17) is 23.2 Å². The lowest BCUT2D eigenvalue weighted by molar-refractivity contribution is 0.101. The van der Waals surface area contributed by atoms with Crippen molar-refractivity contribution >= 4 is 23.2 Å². The predicted octanol–water partition coefficient (Wildman–Crippen LogP) is 6.48. The fourth-order valence-corrected chi connectivity index (χ4v) is 4.09. The molecule has 0 amide bonds. The molecule has 0 spiro atoms. The van der Waals surface area contributed by atoms with Gasteiger partial charge >= 0.3 is 0 Å². The van der Waals surface area contributed by atoms with Crippen LogP contribution in [0.3, 0.4) is 0 Å². The number of hydrogen-bond acceptors (Lipinski definition) is 0. The number of rotatable bonds is 3. The molecule has 2 rings (SSSR count). The first-order valence-corrected chi connectivity index (χ1v) is 8.67. The monoisotopic (exact) mass is 330 g/mol. The Hall–Kier alpha value is -0.270. The third-order valence-corrected chi connectivity index (χ3v) is 5.93. The highest BCUT2D eigenvalue weighted by Gasteiger charge is 2.38. The zero-order chi connectivity index (χ0) is 15.7. The van der Waals surface area contributed by atoms with Gasteiger partial charge < -0.3 is 0 Å². The average molecular weight is 331 g/mol. The van der Waals surface area contributed by atoms with Crippen molar-refractivity contribution in [3.63, 3.8) is 0 Å². The lowest BCUT2D eigenvalue weighted by Gasteiger charge is -2.43. The first kappa shape index (κ1) is 17.1. The molecule has 0 heterocycles. The van der Waals surface area contributed by atoms with Gasteiger partial charge in [-0.05, 0) is 72.6 Å². The summed E-state index contributed by atoms with van der Waals surface area (Å²) in [4.78, 5) is 0. The molecule has 21 heavy (non-hydrogen) atoms. The predicted molar refractivity (Wildman–Crippen MR) is 89.7 cm³/mol. The molecule has 3 heteroatoms. The maximum Gasteiger partial charge on any atom is 0.126 e. The van der Waals surface area contributed by atoms with Gasteiger partial charge in [0.25, 0.3) is 0 Å². The summed E-state index contributed by atoms with van der Waals surface area (Å²) >= 11 is 12.3. The molecule has 0 aliphatic heterocycles. The van der Waals surface area contributed by atoms with Crippen LogP contribution in [0.15, 0.2) is 18.2 Å². The van der Waals surface area contributed by atoms with Gasteiger partial charge in [0, 0.05) is 10.9 Å². The third-order valence-electron chi connectivity index (χ3n) is 5.13. The molecule has 0 atom stereocenters. The van der Waals surface area contributed by atoms with Crippen LogP contribution < -0.4 is 0 Å². The maximum atomic E-state index is 14.0. The van der Waals surface area contributed by atoms with Gasteiger partial charge in [0.1, 0.15) is 5.82 Å². The van der Waals surface area contributed by atoms with Gasteiger partial charge in [-0.2, -0.15) is 0 Å². The van der Waals surface area contributed by atoms with Gasteiger partial charge in [-0.3, -0.25) is 0 Å². The number of hydrogen-bond donors (Lipinski definition) is 0. The first-order valence-electron chi connectivity index (χ1n) is 7.76. The highest BCUT2D eigenvalue weighted by molar-refractivity contribution is 6.30. The lowest BCUT2D eigenvalue weighted by atomic mass is 9.63. The van der Waals surface area contributed by atoms with Crippen LogP contribution in [0.5, 0.6) is 0 Å². The summed E-state index contributed by atoms with van der Waals surface area (Å²) in [6, 6.07) is 4.81. The quantitative estimate of drug-likeness (QED) is 0.556. The van der Waals surface area contributed by atoms with E-state index in [2.05, 4.69) is 20.8 Å². The van der Waals surface area contributed by atoms with Crippen LogP contribution in [-0.2, 0) is 6.42 Å². The number of alkyl halides is 1. The standard InChI is InChI=1S/C18H25Cl2F/c1-17(2,3)14-6-8-18(12-19,9-7-14)11-13-10-15(20)4-5-16(13)21/h4-5,10,14H,6-9,11-12H2,1-3H3. The van der Waals surface area contributed by atoms with Crippen LogP contribution in [0.2, 0.25) is 5.02 Å². The minimum Gasteiger partial charge on any atom is -0.207 e. The molecule has 1 aromatic rings. The van der Waals surface area contributed by atoms with Crippen molar-refractivity contribution in [3.05, 3.63) is 34.6 Å². The van der Waals surface area contributed by atoms with Crippen molar-refractivity contribution in [2.24, 2.45) is 16.7 Å². The molecule has 0 aromatic heterocycles. The lowest BCUT2D eigenvalue weighted by Crippen LogP contribution is -2.35. The van der Waals surface area contributed by atoms with E-state index in [1.54, 1.807) is 12.1 Å². The van der Waals surface area contributed by atoms with Gasteiger partial charge in [0.05, 0.1) is 0 Å². The van der Waals surface area contributed by atoms with Crippen molar-refractivity contribution in [3.8, 4) is 0 Å². The van der Waals surface area contributed by atoms with Crippen molar-refractivity contribution in [2.45, 2.75) is 52.9 Å². The van der Waals surface area contributed by atoms with Gasteiger partial charge in [-0.1, -0.05) is 32.4 Å². The van der Waals surface area contributed by atoms with E-state index in [1.165, 1.54) is 18.9 Å². The Morgan fingerprint density at radius 2 is 1.86 bits per heavy atom. The van der Waals surface area contributed by atoms with E-state index < -0.39 is 0 Å². The Bertz CT molecular complexity index is 482. The minimum atomic E-state index is -0.165. The normalized spacial score (nSPS) is 26.9. The van der Waals surface area contributed by atoms with Crippen LogP contribution in [0.4, 0.5) is 4.39 Å². The van der Waals surface area contributed by atoms with Gasteiger partial charge in [-0.15, -0.1) is 11.6 Å². The molecule has 0 radical (unpaired) electrons. The second-order valence-corrected chi connectivity index (χ2v) is 8.39.